The number of amides is 2. The fraction of sp³-hybridized carbons (Fsp3) is 0.545. The van der Waals surface area contributed by atoms with Crippen LogP contribution in [0.25, 0.3) is 0 Å². The van der Waals surface area contributed by atoms with Crippen molar-refractivity contribution in [3.8, 4) is 0 Å². The molecule has 0 aliphatic carbocycles. The van der Waals surface area contributed by atoms with Gasteiger partial charge in [-0.3, -0.25) is 19.9 Å². The smallest absolute Gasteiger partial charge is 0.414 e. The third-order valence-corrected chi connectivity index (χ3v) is 8.29. The van der Waals surface area contributed by atoms with E-state index in [1.54, 1.807) is 50.8 Å². The Bertz CT molecular complexity index is 1400. The van der Waals surface area contributed by atoms with Crippen molar-refractivity contribution in [3.05, 3.63) is 69.8 Å². The highest BCUT2D eigenvalue weighted by molar-refractivity contribution is 6.48. The number of carbonyl (C=O) groups excluding carboxylic acids is 3. The molecule has 0 saturated carbocycles. The summed E-state index contributed by atoms with van der Waals surface area (Å²) in [6, 6.07) is 12.1. The topological polar surface area (TPSA) is 138 Å². The van der Waals surface area contributed by atoms with Gasteiger partial charge in [-0.05, 0) is 88.0 Å². The molecule has 1 aliphatic rings. The molecule has 2 amide bonds. The van der Waals surface area contributed by atoms with Crippen LogP contribution in [0.4, 0.5) is 21.0 Å². The molecule has 46 heavy (non-hydrogen) atoms. The minimum absolute atomic E-state index is 0.00483. The monoisotopic (exact) mass is 656 g/mol. The van der Waals surface area contributed by atoms with Crippen molar-refractivity contribution in [2.24, 2.45) is 11.3 Å². The van der Waals surface area contributed by atoms with Crippen molar-refractivity contribution in [3.63, 3.8) is 0 Å². The van der Waals surface area contributed by atoms with E-state index in [0.717, 1.165) is 0 Å². The Morgan fingerprint density at radius 2 is 1.70 bits per heavy atom. The molecule has 2 aromatic carbocycles. The number of esters is 1. The van der Waals surface area contributed by atoms with Crippen LogP contribution in [-0.2, 0) is 25.2 Å². The number of anilines is 1. The van der Waals surface area contributed by atoms with Crippen LogP contribution in [0.15, 0.2) is 48.5 Å². The van der Waals surface area contributed by atoms with Gasteiger partial charge in [0.05, 0.1) is 23.6 Å². The number of benzene rings is 2. The van der Waals surface area contributed by atoms with Crippen LogP contribution in [0.2, 0.25) is 13.1 Å². The van der Waals surface area contributed by atoms with E-state index in [2.05, 4.69) is 20.8 Å². The van der Waals surface area contributed by atoms with Gasteiger partial charge >= 0.3 is 18.2 Å². The van der Waals surface area contributed by atoms with Crippen molar-refractivity contribution in [1.82, 2.24) is 4.90 Å². The highest BCUT2D eigenvalue weighted by Crippen LogP contribution is 2.45. The van der Waals surface area contributed by atoms with Crippen LogP contribution < -0.4 is 4.90 Å². The van der Waals surface area contributed by atoms with E-state index in [-0.39, 0.29) is 42.3 Å². The van der Waals surface area contributed by atoms with Crippen molar-refractivity contribution in [1.29, 1.82) is 0 Å². The standard InChI is InChI=1S/C33H46N3O9Si/c1-10-42-28(37)24-12-11-13-27(18-24)34(29(38)43-21-23-14-16-26(17-15-23)36(40)41)22-33(45-46(8)9)19-25(31(2,3)4)20-35(33)30(39)44-32(5,6)7/h11-18,25H,10,19-22H2,1-9H3/t25-,33-/m0/s1. The van der Waals surface area contributed by atoms with Gasteiger partial charge in [0, 0.05) is 30.8 Å². The first-order chi connectivity index (χ1) is 21.3. The molecule has 1 aliphatic heterocycles. The quantitative estimate of drug-likeness (QED) is 0.0856. The van der Waals surface area contributed by atoms with Crippen molar-refractivity contribution in [2.75, 3.05) is 24.6 Å². The summed E-state index contributed by atoms with van der Waals surface area (Å²) in [4.78, 5) is 54.0. The van der Waals surface area contributed by atoms with Crippen LogP contribution in [0.5, 0.6) is 0 Å². The van der Waals surface area contributed by atoms with Gasteiger partial charge in [0.25, 0.3) is 5.69 Å². The van der Waals surface area contributed by atoms with Crippen molar-refractivity contribution >= 4 is 38.6 Å². The molecule has 0 bridgehead atoms. The Balaban J connectivity index is 2.10. The molecule has 1 heterocycles. The summed E-state index contributed by atoms with van der Waals surface area (Å²) in [5.41, 5.74) is -1.21. The zero-order valence-corrected chi connectivity index (χ0v) is 29.2. The average molecular weight is 657 g/mol. The summed E-state index contributed by atoms with van der Waals surface area (Å²) in [6.07, 6.45) is -0.886. The van der Waals surface area contributed by atoms with Gasteiger partial charge < -0.3 is 18.6 Å². The minimum atomic E-state index is -1.46. The van der Waals surface area contributed by atoms with E-state index < -0.39 is 43.4 Å². The SMILES string of the molecule is CCOC(=O)c1cccc(N(C[C@@]2(O[Si](C)C)C[C@H](C(C)(C)C)CN2C(=O)OC(C)(C)C)C(=O)OCc2ccc([N+](=O)[O-])cc2)c1. The van der Waals surface area contributed by atoms with Crippen LogP contribution in [0, 0.1) is 21.4 Å². The summed E-state index contributed by atoms with van der Waals surface area (Å²) < 4.78 is 23.5. The van der Waals surface area contributed by atoms with Gasteiger partial charge in [-0.1, -0.05) is 26.8 Å². The number of non-ortho nitro benzene ring substituents is 1. The second kappa shape index (κ2) is 14.6. The Hall–Kier alpha value is -3.97. The molecule has 3 rings (SSSR count). The maximum atomic E-state index is 14.0. The average Bonchev–Trinajstić information content (AvgIpc) is 3.33. The molecule has 0 spiro atoms. The van der Waals surface area contributed by atoms with Crippen LogP contribution in [-0.4, -0.2) is 68.0 Å². The molecule has 0 aromatic heterocycles. The second-order valence-corrected chi connectivity index (χ2v) is 15.7. The fourth-order valence-electron chi connectivity index (χ4n) is 5.20. The van der Waals surface area contributed by atoms with Crippen molar-refractivity contribution < 1.29 is 37.9 Å². The second-order valence-electron chi connectivity index (χ2n) is 13.6. The largest absolute Gasteiger partial charge is 0.462 e. The number of carbonyl (C=O) groups is 3. The third kappa shape index (κ3) is 9.52. The number of likely N-dealkylation sites (tertiary alicyclic amines) is 1. The van der Waals surface area contributed by atoms with Gasteiger partial charge in [-0.25, -0.2) is 14.4 Å². The summed E-state index contributed by atoms with van der Waals surface area (Å²) >= 11 is 0. The molecule has 1 fully saturated rings. The molecule has 0 N–H and O–H groups in total. The zero-order chi connectivity index (χ0) is 34.4. The summed E-state index contributed by atoms with van der Waals surface area (Å²) in [6.45, 7) is 17.6. The molecular weight excluding hydrogens is 610 g/mol. The van der Waals surface area contributed by atoms with Crippen molar-refractivity contribution in [2.45, 2.75) is 85.9 Å². The van der Waals surface area contributed by atoms with E-state index in [4.69, 9.17) is 18.6 Å². The number of hydrogen-bond acceptors (Lipinski definition) is 9. The minimum Gasteiger partial charge on any atom is -0.462 e. The third-order valence-electron chi connectivity index (χ3n) is 7.50. The van der Waals surface area contributed by atoms with Gasteiger partial charge in [0.1, 0.15) is 12.2 Å². The molecule has 2 atom stereocenters. The van der Waals surface area contributed by atoms with E-state index in [9.17, 15) is 24.5 Å². The Morgan fingerprint density at radius 3 is 2.24 bits per heavy atom. The maximum Gasteiger partial charge on any atom is 0.414 e. The normalized spacial score (nSPS) is 18.3. The first-order valence-electron chi connectivity index (χ1n) is 15.3. The number of hydrogen-bond donors (Lipinski definition) is 0. The predicted molar refractivity (Wildman–Crippen MR) is 175 cm³/mol. The van der Waals surface area contributed by atoms with Gasteiger partial charge in [-0.2, -0.15) is 0 Å². The van der Waals surface area contributed by atoms with Gasteiger partial charge in [0.2, 0.25) is 9.04 Å². The highest BCUT2D eigenvalue weighted by Gasteiger charge is 2.54. The lowest BCUT2D eigenvalue weighted by molar-refractivity contribution is -0.384. The summed E-state index contributed by atoms with van der Waals surface area (Å²) in [5.74, 6) is -0.545. The Labute approximate surface area is 272 Å². The van der Waals surface area contributed by atoms with Gasteiger partial charge in [-0.15, -0.1) is 0 Å². The number of ether oxygens (including phenoxy) is 3. The van der Waals surface area contributed by atoms with E-state index in [1.165, 1.54) is 35.2 Å². The molecule has 0 unspecified atom stereocenters. The lowest BCUT2D eigenvalue weighted by Crippen LogP contribution is -2.59. The molecule has 1 radical (unpaired) electrons. The van der Waals surface area contributed by atoms with Crippen LogP contribution in [0.3, 0.4) is 0 Å². The lowest BCUT2D eigenvalue weighted by Gasteiger charge is -2.42. The van der Waals surface area contributed by atoms with E-state index in [1.807, 2.05) is 13.1 Å². The maximum absolute atomic E-state index is 14.0. The summed E-state index contributed by atoms with van der Waals surface area (Å²) in [7, 11) is -1.46. The lowest BCUT2D eigenvalue weighted by atomic mass is 9.79. The Morgan fingerprint density at radius 1 is 1.04 bits per heavy atom. The van der Waals surface area contributed by atoms with Gasteiger partial charge in [0.15, 0.2) is 5.72 Å². The first kappa shape index (κ1) is 36.5. The van der Waals surface area contributed by atoms with Crippen LogP contribution >= 0.6 is 0 Å². The molecule has 13 heteroatoms. The molecule has 12 nitrogen and oxygen atoms in total. The first-order valence-corrected chi connectivity index (χ1v) is 17.7. The highest BCUT2D eigenvalue weighted by atomic mass is 28.3. The number of nitro groups is 1. The number of nitro benzene ring substituents is 1. The van der Waals surface area contributed by atoms with Crippen LogP contribution in [0.1, 0.15) is 70.8 Å². The molecular formula is C33H46N3O9Si. The number of rotatable bonds is 10. The van der Waals surface area contributed by atoms with E-state index >= 15 is 0 Å². The fourth-order valence-corrected chi connectivity index (χ4v) is 6.22. The zero-order valence-electron chi connectivity index (χ0n) is 28.2. The van der Waals surface area contributed by atoms with E-state index in [0.29, 0.717) is 24.2 Å². The molecule has 2 aromatic rings. The summed E-state index contributed by atoms with van der Waals surface area (Å²) in [5, 5.41) is 11.1. The molecule has 1 saturated heterocycles. The molecule has 251 valence electrons. The number of nitrogens with zero attached hydrogens (tertiary/aromatic N) is 3. The Kier molecular flexibility index (Phi) is 11.6. The predicted octanol–water partition coefficient (Wildman–Crippen LogP) is 7.18.